The number of hydrogen-bond acceptors (Lipinski definition) is 4. The first-order valence-electron chi connectivity index (χ1n) is 7.18. The SMILES string of the molecule is COC(=O)c1cccc(C)c1NC(=O)c1cc2cccc(Br)c2o1. The molecule has 1 amide bonds. The van der Waals surface area contributed by atoms with Crippen LogP contribution in [-0.4, -0.2) is 19.0 Å². The van der Waals surface area contributed by atoms with Gasteiger partial charge in [0, 0.05) is 5.39 Å². The van der Waals surface area contributed by atoms with Gasteiger partial charge in [0.1, 0.15) is 5.58 Å². The number of carbonyl (C=O) groups is 2. The molecular weight excluding hydrogens is 374 g/mol. The molecule has 3 rings (SSSR count). The molecule has 0 aliphatic carbocycles. The van der Waals surface area contributed by atoms with Crippen molar-refractivity contribution in [1.29, 1.82) is 0 Å². The quantitative estimate of drug-likeness (QED) is 0.669. The molecule has 0 atom stereocenters. The Labute approximate surface area is 146 Å². The number of carbonyl (C=O) groups excluding carboxylic acids is 2. The van der Waals surface area contributed by atoms with Crippen molar-refractivity contribution in [2.75, 3.05) is 12.4 Å². The van der Waals surface area contributed by atoms with Gasteiger partial charge in [0.2, 0.25) is 0 Å². The molecule has 5 nitrogen and oxygen atoms in total. The molecule has 0 radical (unpaired) electrons. The molecular formula is C18H14BrNO4. The van der Waals surface area contributed by atoms with Gasteiger partial charge in [-0.15, -0.1) is 0 Å². The zero-order valence-corrected chi connectivity index (χ0v) is 14.6. The van der Waals surface area contributed by atoms with Gasteiger partial charge < -0.3 is 14.5 Å². The lowest BCUT2D eigenvalue weighted by Crippen LogP contribution is -2.16. The standard InChI is InChI=1S/C18H14BrNO4/c1-10-5-3-7-12(18(22)23-2)15(10)20-17(21)14-9-11-6-4-8-13(19)16(11)24-14/h3-9H,1-2H3,(H,20,21). The molecule has 0 spiro atoms. The minimum Gasteiger partial charge on any atom is -0.465 e. The third-order valence-corrected chi connectivity index (χ3v) is 4.26. The van der Waals surface area contributed by atoms with E-state index in [1.165, 1.54) is 7.11 Å². The molecule has 0 bridgehead atoms. The topological polar surface area (TPSA) is 68.5 Å². The number of halogens is 1. The molecule has 1 heterocycles. The molecule has 0 unspecified atom stereocenters. The maximum absolute atomic E-state index is 12.5. The van der Waals surface area contributed by atoms with Gasteiger partial charge in [0.25, 0.3) is 5.91 Å². The molecule has 0 fully saturated rings. The second-order valence-corrected chi connectivity index (χ2v) is 6.07. The fourth-order valence-corrected chi connectivity index (χ4v) is 2.89. The van der Waals surface area contributed by atoms with Crippen LogP contribution in [0.15, 0.2) is 51.4 Å². The van der Waals surface area contributed by atoms with Crippen molar-refractivity contribution >= 4 is 44.5 Å². The summed E-state index contributed by atoms with van der Waals surface area (Å²) in [6.45, 7) is 1.80. The maximum atomic E-state index is 12.5. The number of furan rings is 1. The number of rotatable bonds is 3. The fourth-order valence-electron chi connectivity index (χ4n) is 2.43. The molecule has 0 saturated heterocycles. The molecule has 1 N–H and O–H groups in total. The third-order valence-electron chi connectivity index (χ3n) is 3.64. The number of anilines is 1. The number of para-hydroxylation sites is 2. The van der Waals surface area contributed by atoms with Gasteiger partial charge in [-0.1, -0.05) is 24.3 Å². The number of ether oxygens (including phenoxy) is 1. The van der Waals surface area contributed by atoms with E-state index in [1.54, 1.807) is 31.2 Å². The van der Waals surface area contributed by atoms with Crippen molar-refractivity contribution in [2.45, 2.75) is 6.92 Å². The Morgan fingerprint density at radius 3 is 2.62 bits per heavy atom. The molecule has 6 heteroatoms. The predicted molar refractivity (Wildman–Crippen MR) is 94.4 cm³/mol. The van der Waals surface area contributed by atoms with Gasteiger partial charge in [0.05, 0.1) is 22.8 Å². The Balaban J connectivity index is 1.97. The summed E-state index contributed by atoms with van der Waals surface area (Å²) in [6, 6.07) is 12.3. The second-order valence-electron chi connectivity index (χ2n) is 5.21. The maximum Gasteiger partial charge on any atom is 0.339 e. The number of amides is 1. The van der Waals surface area contributed by atoms with Crippen LogP contribution >= 0.6 is 15.9 Å². The Hall–Kier alpha value is -2.60. The lowest BCUT2D eigenvalue weighted by molar-refractivity contribution is 0.0602. The lowest BCUT2D eigenvalue weighted by Gasteiger charge is -2.11. The molecule has 122 valence electrons. The highest BCUT2D eigenvalue weighted by Crippen LogP contribution is 2.28. The number of esters is 1. The summed E-state index contributed by atoms with van der Waals surface area (Å²) in [4.78, 5) is 24.4. The van der Waals surface area contributed by atoms with Crippen LogP contribution in [0.25, 0.3) is 11.0 Å². The number of hydrogen-bond donors (Lipinski definition) is 1. The predicted octanol–water partition coefficient (Wildman–Crippen LogP) is 4.54. The Bertz CT molecular complexity index is 945. The summed E-state index contributed by atoms with van der Waals surface area (Å²) >= 11 is 3.39. The summed E-state index contributed by atoms with van der Waals surface area (Å²) in [7, 11) is 1.30. The van der Waals surface area contributed by atoms with E-state index >= 15 is 0 Å². The zero-order valence-electron chi connectivity index (χ0n) is 13.1. The summed E-state index contributed by atoms with van der Waals surface area (Å²) < 4.78 is 11.2. The second kappa shape index (κ2) is 6.49. The first-order chi connectivity index (χ1) is 11.5. The number of nitrogens with one attached hydrogen (secondary N) is 1. The van der Waals surface area contributed by atoms with Crippen molar-refractivity contribution in [3.63, 3.8) is 0 Å². The van der Waals surface area contributed by atoms with Gasteiger partial charge in [-0.3, -0.25) is 4.79 Å². The number of benzene rings is 2. The van der Waals surface area contributed by atoms with Crippen LogP contribution in [0.2, 0.25) is 0 Å². The van der Waals surface area contributed by atoms with Crippen LogP contribution in [0.5, 0.6) is 0 Å². The van der Waals surface area contributed by atoms with E-state index in [9.17, 15) is 9.59 Å². The molecule has 0 aliphatic rings. The van der Waals surface area contributed by atoms with Crippen molar-refractivity contribution in [3.05, 3.63) is 63.8 Å². The van der Waals surface area contributed by atoms with Crippen LogP contribution < -0.4 is 5.32 Å². The molecule has 1 aromatic heterocycles. The van der Waals surface area contributed by atoms with Crippen molar-refractivity contribution in [1.82, 2.24) is 0 Å². The average Bonchev–Trinajstić information content (AvgIpc) is 3.01. The summed E-state index contributed by atoms with van der Waals surface area (Å²) in [5.74, 6) is -0.783. The third kappa shape index (κ3) is 2.92. The highest BCUT2D eigenvalue weighted by Gasteiger charge is 2.19. The number of aryl methyl sites for hydroxylation is 1. The van der Waals surface area contributed by atoms with E-state index < -0.39 is 11.9 Å². The van der Waals surface area contributed by atoms with Gasteiger partial charge in [-0.2, -0.15) is 0 Å². The molecule has 24 heavy (non-hydrogen) atoms. The zero-order chi connectivity index (χ0) is 17.3. The molecule has 0 aliphatic heterocycles. The van der Waals surface area contributed by atoms with E-state index in [1.807, 2.05) is 18.2 Å². The van der Waals surface area contributed by atoms with Gasteiger partial charge in [0.15, 0.2) is 5.76 Å². The normalized spacial score (nSPS) is 10.6. The summed E-state index contributed by atoms with van der Waals surface area (Å²) in [5, 5.41) is 3.55. The van der Waals surface area contributed by atoms with Crippen molar-refractivity contribution < 1.29 is 18.7 Å². The average molecular weight is 388 g/mol. The van der Waals surface area contributed by atoms with E-state index in [-0.39, 0.29) is 5.76 Å². The van der Waals surface area contributed by atoms with E-state index in [0.717, 1.165) is 15.4 Å². The minimum atomic E-state index is -0.513. The van der Waals surface area contributed by atoms with Crippen LogP contribution in [0.1, 0.15) is 26.5 Å². The van der Waals surface area contributed by atoms with Crippen LogP contribution in [0.4, 0.5) is 5.69 Å². The number of fused-ring (bicyclic) bond motifs is 1. The fraction of sp³-hybridized carbons (Fsp3) is 0.111. The summed E-state index contributed by atoms with van der Waals surface area (Å²) in [6.07, 6.45) is 0. The van der Waals surface area contributed by atoms with Crippen LogP contribution in [-0.2, 0) is 4.74 Å². The first-order valence-corrected chi connectivity index (χ1v) is 7.98. The van der Waals surface area contributed by atoms with Crippen LogP contribution in [0.3, 0.4) is 0 Å². The smallest absolute Gasteiger partial charge is 0.339 e. The molecule has 3 aromatic rings. The van der Waals surface area contributed by atoms with E-state index in [2.05, 4.69) is 21.2 Å². The Kier molecular flexibility index (Phi) is 4.40. The minimum absolute atomic E-state index is 0.163. The van der Waals surface area contributed by atoms with Crippen LogP contribution in [0, 0.1) is 6.92 Å². The Morgan fingerprint density at radius 1 is 1.17 bits per heavy atom. The molecule has 2 aromatic carbocycles. The summed E-state index contributed by atoms with van der Waals surface area (Å²) in [5.41, 5.74) is 2.06. The van der Waals surface area contributed by atoms with Gasteiger partial charge in [-0.25, -0.2) is 4.79 Å². The highest BCUT2D eigenvalue weighted by atomic mass is 79.9. The van der Waals surface area contributed by atoms with E-state index in [0.29, 0.717) is 16.8 Å². The number of methoxy groups -OCH3 is 1. The van der Waals surface area contributed by atoms with Crippen molar-refractivity contribution in [3.8, 4) is 0 Å². The Morgan fingerprint density at radius 2 is 1.92 bits per heavy atom. The molecule has 0 saturated carbocycles. The monoisotopic (exact) mass is 387 g/mol. The first kappa shape index (κ1) is 16.3. The largest absolute Gasteiger partial charge is 0.465 e. The van der Waals surface area contributed by atoms with E-state index in [4.69, 9.17) is 9.15 Å². The van der Waals surface area contributed by atoms with Crippen molar-refractivity contribution in [2.24, 2.45) is 0 Å². The van der Waals surface area contributed by atoms with Gasteiger partial charge in [-0.05, 0) is 46.6 Å². The van der Waals surface area contributed by atoms with Gasteiger partial charge >= 0.3 is 5.97 Å². The lowest BCUT2D eigenvalue weighted by atomic mass is 10.1. The highest BCUT2D eigenvalue weighted by molar-refractivity contribution is 9.10.